The van der Waals surface area contributed by atoms with Gasteiger partial charge in [-0.25, -0.2) is 0 Å². The average molecular weight is 373 g/mol. The van der Waals surface area contributed by atoms with E-state index in [0.29, 0.717) is 11.6 Å². The molecule has 0 fully saturated rings. The van der Waals surface area contributed by atoms with Crippen molar-refractivity contribution in [3.63, 3.8) is 0 Å². The number of benzene rings is 1. The fraction of sp³-hybridized carbons (Fsp3) is 0.176. The molecule has 0 unspecified atom stereocenters. The van der Waals surface area contributed by atoms with Gasteiger partial charge in [0.25, 0.3) is 5.91 Å². The first-order chi connectivity index (χ1) is 12.7. The van der Waals surface area contributed by atoms with Crippen LogP contribution in [0.3, 0.4) is 0 Å². The summed E-state index contributed by atoms with van der Waals surface area (Å²) in [7, 11) is 1.54. The standard InChI is InChI=1S/C17H15N3O5S/c1-23-10-15-19-20-17(26-15)18-16(22)13-7-12(21)14(9-25-13)24-8-11-5-3-2-4-6-11/h2-7,9H,8,10H2,1H3,(H,18,20,22). The third kappa shape index (κ3) is 4.52. The molecule has 2 heterocycles. The first-order valence-electron chi connectivity index (χ1n) is 7.58. The zero-order valence-corrected chi connectivity index (χ0v) is 14.6. The summed E-state index contributed by atoms with van der Waals surface area (Å²) >= 11 is 1.17. The van der Waals surface area contributed by atoms with Crippen LogP contribution < -0.4 is 15.5 Å². The third-order valence-electron chi connectivity index (χ3n) is 3.21. The molecule has 0 atom stereocenters. The number of ether oxygens (including phenoxy) is 2. The van der Waals surface area contributed by atoms with Crippen LogP contribution in [0.4, 0.5) is 5.13 Å². The maximum atomic E-state index is 12.1. The van der Waals surface area contributed by atoms with Gasteiger partial charge in [-0.05, 0) is 5.56 Å². The van der Waals surface area contributed by atoms with Crippen LogP contribution in [-0.4, -0.2) is 23.2 Å². The molecule has 1 aromatic carbocycles. The molecule has 0 aliphatic heterocycles. The van der Waals surface area contributed by atoms with Crippen LogP contribution in [-0.2, 0) is 18.0 Å². The molecule has 3 aromatic rings. The van der Waals surface area contributed by atoms with Gasteiger partial charge in [-0.3, -0.25) is 14.9 Å². The minimum absolute atomic E-state index is 0.0312. The number of carbonyl (C=O) groups is 1. The van der Waals surface area contributed by atoms with Gasteiger partial charge in [0.1, 0.15) is 24.5 Å². The first-order valence-corrected chi connectivity index (χ1v) is 8.39. The van der Waals surface area contributed by atoms with Gasteiger partial charge in [-0.2, -0.15) is 0 Å². The lowest BCUT2D eigenvalue weighted by Gasteiger charge is -2.05. The fourth-order valence-electron chi connectivity index (χ4n) is 2.00. The van der Waals surface area contributed by atoms with E-state index in [-0.39, 0.29) is 23.2 Å². The second kappa shape index (κ2) is 8.37. The van der Waals surface area contributed by atoms with E-state index >= 15 is 0 Å². The SMILES string of the molecule is COCc1nnc(NC(=O)c2cc(=O)c(OCc3ccccc3)co2)s1. The molecular weight excluding hydrogens is 358 g/mol. The maximum Gasteiger partial charge on any atom is 0.293 e. The highest BCUT2D eigenvalue weighted by atomic mass is 32.1. The normalized spacial score (nSPS) is 10.5. The van der Waals surface area contributed by atoms with Crippen LogP contribution in [0.15, 0.2) is 51.9 Å². The summed E-state index contributed by atoms with van der Waals surface area (Å²) in [4.78, 5) is 24.2. The summed E-state index contributed by atoms with van der Waals surface area (Å²) in [5.74, 6) is -0.717. The van der Waals surface area contributed by atoms with E-state index in [1.54, 1.807) is 0 Å². The van der Waals surface area contributed by atoms with Crippen molar-refractivity contribution < 1.29 is 18.7 Å². The molecule has 0 saturated carbocycles. The quantitative estimate of drug-likeness (QED) is 0.678. The van der Waals surface area contributed by atoms with Crippen molar-refractivity contribution in [2.75, 3.05) is 12.4 Å². The summed E-state index contributed by atoms with van der Waals surface area (Å²) in [6, 6.07) is 10.5. The van der Waals surface area contributed by atoms with Gasteiger partial charge < -0.3 is 13.9 Å². The third-order valence-corrected chi connectivity index (χ3v) is 4.03. The van der Waals surface area contributed by atoms with E-state index in [1.807, 2.05) is 30.3 Å². The second-order valence-electron chi connectivity index (χ2n) is 5.14. The Bertz CT molecular complexity index is 939. The average Bonchev–Trinajstić information content (AvgIpc) is 3.09. The van der Waals surface area contributed by atoms with Gasteiger partial charge in [0.15, 0.2) is 5.76 Å². The Labute approximate surface area is 152 Å². The smallest absolute Gasteiger partial charge is 0.293 e. The van der Waals surface area contributed by atoms with Gasteiger partial charge in [0.2, 0.25) is 16.3 Å². The molecule has 0 aliphatic carbocycles. The van der Waals surface area contributed by atoms with Gasteiger partial charge in [0.05, 0.1) is 0 Å². The molecule has 2 aromatic heterocycles. The van der Waals surface area contributed by atoms with E-state index in [9.17, 15) is 9.59 Å². The van der Waals surface area contributed by atoms with Crippen LogP contribution in [0.2, 0.25) is 0 Å². The summed E-state index contributed by atoms with van der Waals surface area (Å²) in [5, 5.41) is 11.1. The van der Waals surface area contributed by atoms with Crippen molar-refractivity contribution in [1.82, 2.24) is 10.2 Å². The van der Waals surface area contributed by atoms with Gasteiger partial charge in [-0.15, -0.1) is 10.2 Å². The van der Waals surface area contributed by atoms with Gasteiger partial charge in [-0.1, -0.05) is 41.7 Å². The Balaban J connectivity index is 1.64. The maximum absolute atomic E-state index is 12.1. The van der Waals surface area contributed by atoms with Gasteiger partial charge >= 0.3 is 0 Å². The number of nitrogens with zero attached hydrogens (tertiary/aromatic N) is 2. The Kier molecular flexibility index (Phi) is 5.72. The van der Waals surface area contributed by atoms with E-state index in [2.05, 4.69) is 15.5 Å². The lowest BCUT2D eigenvalue weighted by atomic mass is 10.2. The number of rotatable bonds is 7. The lowest BCUT2D eigenvalue weighted by Crippen LogP contribution is -2.15. The molecule has 3 rings (SSSR count). The zero-order valence-electron chi connectivity index (χ0n) is 13.8. The van der Waals surface area contributed by atoms with E-state index < -0.39 is 11.3 Å². The molecule has 8 nitrogen and oxygen atoms in total. The van der Waals surface area contributed by atoms with Crippen molar-refractivity contribution in [3.8, 4) is 5.75 Å². The highest BCUT2D eigenvalue weighted by molar-refractivity contribution is 7.15. The Morgan fingerprint density at radius 3 is 2.77 bits per heavy atom. The molecule has 1 N–H and O–H groups in total. The van der Waals surface area contributed by atoms with Crippen LogP contribution in [0.5, 0.6) is 5.75 Å². The molecule has 0 aliphatic rings. The van der Waals surface area contributed by atoms with Crippen molar-refractivity contribution in [3.05, 3.63) is 69.2 Å². The fourth-order valence-corrected chi connectivity index (χ4v) is 2.71. The zero-order chi connectivity index (χ0) is 18.4. The predicted octanol–water partition coefficient (Wildman–Crippen LogP) is 2.47. The molecule has 0 radical (unpaired) electrons. The molecule has 1 amide bonds. The predicted molar refractivity (Wildman–Crippen MR) is 94.3 cm³/mol. The Morgan fingerprint density at radius 2 is 2.04 bits per heavy atom. The number of nitrogens with one attached hydrogen (secondary N) is 1. The highest BCUT2D eigenvalue weighted by Gasteiger charge is 2.15. The Morgan fingerprint density at radius 1 is 1.23 bits per heavy atom. The molecule has 134 valence electrons. The molecule has 0 bridgehead atoms. The van der Waals surface area contributed by atoms with Gasteiger partial charge in [0, 0.05) is 13.2 Å². The first kappa shape index (κ1) is 17.8. The molecule has 26 heavy (non-hydrogen) atoms. The number of hydrogen-bond acceptors (Lipinski definition) is 8. The number of methoxy groups -OCH3 is 1. The minimum atomic E-state index is -0.600. The molecule has 0 saturated heterocycles. The van der Waals surface area contributed by atoms with Crippen LogP contribution in [0.1, 0.15) is 21.1 Å². The van der Waals surface area contributed by atoms with E-state index in [1.165, 1.54) is 18.4 Å². The molecule has 0 spiro atoms. The second-order valence-corrected chi connectivity index (χ2v) is 6.20. The molecular formula is C17H15N3O5S. The lowest BCUT2D eigenvalue weighted by molar-refractivity contribution is 0.0993. The highest BCUT2D eigenvalue weighted by Crippen LogP contribution is 2.17. The monoisotopic (exact) mass is 373 g/mol. The van der Waals surface area contributed by atoms with Crippen molar-refractivity contribution >= 4 is 22.4 Å². The van der Waals surface area contributed by atoms with Crippen LogP contribution >= 0.6 is 11.3 Å². The summed E-state index contributed by atoms with van der Waals surface area (Å²) < 4.78 is 15.6. The number of hydrogen-bond donors (Lipinski definition) is 1. The minimum Gasteiger partial charge on any atom is -0.482 e. The van der Waals surface area contributed by atoms with Crippen molar-refractivity contribution in [2.24, 2.45) is 0 Å². The largest absolute Gasteiger partial charge is 0.482 e. The number of anilines is 1. The van der Waals surface area contributed by atoms with Crippen LogP contribution in [0, 0.1) is 0 Å². The van der Waals surface area contributed by atoms with Crippen molar-refractivity contribution in [2.45, 2.75) is 13.2 Å². The summed E-state index contributed by atoms with van der Waals surface area (Å²) in [6.07, 6.45) is 1.12. The molecule has 9 heteroatoms. The topological polar surface area (TPSA) is 104 Å². The van der Waals surface area contributed by atoms with Crippen LogP contribution in [0.25, 0.3) is 0 Å². The van der Waals surface area contributed by atoms with Crippen molar-refractivity contribution in [1.29, 1.82) is 0 Å². The summed E-state index contributed by atoms with van der Waals surface area (Å²) in [6.45, 7) is 0.528. The Hall–Kier alpha value is -3.04. The number of amides is 1. The number of aromatic nitrogens is 2. The van der Waals surface area contributed by atoms with E-state index in [0.717, 1.165) is 17.9 Å². The summed E-state index contributed by atoms with van der Waals surface area (Å²) in [5.41, 5.74) is 0.464. The number of carbonyl (C=O) groups excluding carboxylic acids is 1. The van der Waals surface area contributed by atoms with E-state index in [4.69, 9.17) is 13.9 Å².